The van der Waals surface area contributed by atoms with Crippen LogP contribution in [0.5, 0.6) is 11.5 Å². The summed E-state index contributed by atoms with van der Waals surface area (Å²) in [5, 5.41) is 11.4. The summed E-state index contributed by atoms with van der Waals surface area (Å²) in [6, 6.07) is 14.5. The van der Waals surface area contributed by atoms with Crippen LogP contribution in [0.2, 0.25) is 0 Å². The van der Waals surface area contributed by atoms with Crippen LogP contribution in [0.25, 0.3) is 6.08 Å². The monoisotopic (exact) mass is 464 g/mol. The molecule has 5 rings (SSSR count). The normalized spacial score (nSPS) is 19.5. The Kier molecular flexibility index (Phi) is 4.86. The summed E-state index contributed by atoms with van der Waals surface area (Å²) in [6.07, 6.45) is 3.67. The molecule has 2 aliphatic rings. The number of benzene rings is 3. The molecular weight excluding hydrogens is 442 g/mol. The largest absolute Gasteiger partial charge is 0.493 e. The number of non-ortho nitro benzene ring substituents is 1. The number of fused-ring (bicyclic) bond motifs is 2. The zero-order valence-electron chi connectivity index (χ0n) is 18.8. The van der Waals surface area contributed by atoms with Gasteiger partial charge in [-0.1, -0.05) is 24.3 Å². The molecule has 1 spiro atoms. The number of methoxy groups -OCH3 is 1. The first-order chi connectivity index (χ1) is 16.2. The van der Waals surface area contributed by atoms with Crippen LogP contribution in [0.3, 0.4) is 0 Å². The Labute approximate surface area is 195 Å². The lowest BCUT2D eigenvalue weighted by atomic mass is 9.76. The van der Waals surface area contributed by atoms with E-state index in [2.05, 4.69) is 0 Å². The summed E-state index contributed by atoms with van der Waals surface area (Å²) >= 11 is 0. The van der Waals surface area contributed by atoms with Gasteiger partial charge >= 0.3 is 0 Å². The second-order valence-electron chi connectivity index (χ2n) is 8.93. The van der Waals surface area contributed by atoms with Crippen molar-refractivity contribution in [3.05, 3.63) is 99.1 Å². The van der Waals surface area contributed by atoms with Gasteiger partial charge in [0.1, 0.15) is 0 Å². The zero-order chi connectivity index (χ0) is 24.3. The number of nitrogens with zero attached hydrogens (tertiary/aromatic N) is 2. The van der Waals surface area contributed by atoms with Crippen LogP contribution in [-0.2, 0) is 12.0 Å². The zero-order valence-corrected chi connectivity index (χ0v) is 18.8. The average molecular weight is 464 g/mol. The highest BCUT2D eigenvalue weighted by Crippen LogP contribution is 2.56. The highest BCUT2D eigenvalue weighted by molar-refractivity contribution is 5.75. The predicted octanol–water partition coefficient (Wildman–Crippen LogP) is 5.98. The van der Waals surface area contributed by atoms with Gasteiger partial charge in [0.15, 0.2) is 23.1 Å². The first-order valence-corrected chi connectivity index (χ1v) is 10.7. The SMILES string of the molecule is COc1cc([N+](=O)[O-])cc2c1OC1(C=C2)N(Cc2ccc(F)c(F)c2)c2ccccc2C1(C)C. The minimum absolute atomic E-state index is 0.104. The lowest BCUT2D eigenvalue weighted by molar-refractivity contribution is -0.385. The Morgan fingerprint density at radius 1 is 1.09 bits per heavy atom. The lowest BCUT2D eigenvalue weighted by Gasteiger charge is -2.47. The first-order valence-electron chi connectivity index (χ1n) is 10.7. The highest BCUT2D eigenvalue weighted by Gasteiger charge is 2.59. The number of anilines is 1. The van der Waals surface area contributed by atoms with Gasteiger partial charge in [0, 0.05) is 23.9 Å². The van der Waals surface area contributed by atoms with Gasteiger partial charge in [-0.3, -0.25) is 10.1 Å². The van der Waals surface area contributed by atoms with Crippen molar-refractivity contribution in [1.82, 2.24) is 0 Å². The van der Waals surface area contributed by atoms with Crippen LogP contribution < -0.4 is 14.4 Å². The van der Waals surface area contributed by atoms with E-state index >= 15 is 0 Å². The molecule has 0 aliphatic carbocycles. The molecule has 2 aliphatic heterocycles. The maximum atomic E-state index is 14.0. The van der Waals surface area contributed by atoms with E-state index in [4.69, 9.17) is 9.47 Å². The molecular formula is C26H22F2N2O4. The average Bonchev–Trinajstić information content (AvgIpc) is 2.99. The van der Waals surface area contributed by atoms with E-state index in [0.717, 1.165) is 17.3 Å². The standard InChI is InChI=1S/C26H22F2N2O4/c1-25(2)19-6-4-5-7-22(19)29(15-16-8-9-20(27)21(28)12-16)26(25)11-10-17-13-18(30(31)32)14-23(33-3)24(17)34-26/h4-14H,15H2,1-3H3. The van der Waals surface area contributed by atoms with E-state index in [0.29, 0.717) is 16.9 Å². The van der Waals surface area contributed by atoms with Crippen LogP contribution >= 0.6 is 0 Å². The van der Waals surface area contributed by atoms with E-state index in [1.807, 2.05) is 49.1 Å². The second-order valence-corrected chi connectivity index (χ2v) is 8.93. The highest BCUT2D eigenvalue weighted by atomic mass is 19.2. The number of nitro groups is 1. The van der Waals surface area contributed by atoms with Crippen molar-refractivity contribution >= 4 is 17.5 Å². The van der Waals surface area contributed by atoms with Crippen LogP contribution in [0.15, 0.2) is 60.7 Å². The molecule has 0 bridgehead atoms. The van der Waals surface area contributed by atoms with Crippen molar-refractivity contribution in [3.63, 3.8) is 0 Å². The van der Waals surface area contributed by atoms with Gasteiger partial charge in [0.05, 0.1) is 23.5 Å². The Balaban J connectivity index is 1.68. The topological polar surface area (TPSA) is 64.8 Å². The minimum atomic E-state index is -1.06. The Hall–Kier alpha value is -3.94. The lowest BCUT2D eigenvalue weighted by Crippen LogP contribution is -2.59. The number of para-hydroxylation sites is 1. The summed E-state index contributed by atoms with van der Waals surface area (Å²) in [5.41, 5.74) is 1.27. The fourth-order valence-corrected chi connectivity index (χ4v) is 4.94. The Morgan fingerprint density at radius 3 is 2.56 bits per heavy atom. The minimum Gasteiger partial charge on any atom is -0.493 e. The van der Waals surface area contributed by atoms with E-state index in [9.17, 15) is 18.9 Å². The molecule has 0 amide bonds. The molecule has 1 atom stereocenters. The first kappa shape index (κ1) is 21.9. The second kappa shape index (κ2) is 7.55. The summed E-state index contributed by atoms with van der Waals surface area (Å²) in [7, 11) is 1.43. The Morgan fingerprint density at radius 2 is 1.85 bits per heavy atom. The van der Waals surface area contributed by atoms with Gasteiger partial charge < -0.3 is 14.4 Å². The number of nitro benzene ring substituents is 1. The van der Waals surface area contributed by atoms with Crippen molar-refractivity contribution < 1.29 is 23.2 Å². The van der Waals surface area contributed by atoms with Crippen LogP contribution in [0, 0.1) is 21.7 Å². The molecule has 0 saturated heterocycles. The van der Waals surface area contributed by atoms with Gasteiger partial charge in [0.2, 0.25) is 5.72 Å². The van der Waals surface area contributed by atoms with Gasteiger partial charge in [-0.05, 0) is 55.3 Å². The van der Waals surface area contributed by atoms with E-state index < -0.39 is 27.7 Å². The van der Waals surface area contributed by atoms with Crippen LogP contribution in [0.4, 0.5) is 20.2 Å². The van der Waals surface area contributed by atoms with Gasteiger partial charge in [-0.15, -0.1) is 0 Å². The summed E-state index contributed by atoms with van der Waals surface area (Å²) in [4.78, 5) is 12.9. The van der Waals surface area contributed by atoms with Crippen molar-refractivity contribution in [3.8, 4) is 11.5 Å². The van der Waals surface area contributed by atoms with Gasteiger partial charge in [0.25, 0.3) is 5.69 Å². The summed E-state index contributed by atoms with van der Waals surface area (Å²) in [6.45, 7) is 4.33. The molecule has 3 aromatic rings. The van der Waals surface area contributed by atoms with Crippen molar-refractivity contribution in [2.24, 2.45) is 0 Å². The molecule has 0 aromatic heterocycles. The van der Waals surface area contributed by atoms with Crippen molar-refractivity contribution in [2.45, 2.75) is 31.5 Å². The molecule has 174 valence electrons. The third-order valence-electron chi connectivity index (χ3n) is 6.73. The van der Waals surface area contributed by atoms with Crippen molar-refractivity contribution in [1.29, 1.82) is 0 Å². The molecule has 0 N–H and O–H groups in total. The Bertz CT molecular complexity index is 1350. The maximum absolute atomic E-state index is 14.0. The third kappa shape index (κ3) is 3.05. The molecule has 6 nitrogen and oxygen atoms in total. The molecule has 34 heavy (non-hydrogen) atoms. The van der Waals surface area contributed by atoms with Crippen LogP contribution in [0.1, 0.15) is 30.5 Å². The molecule has 1 unspecified atom stereocenters. The van der Waals surface area contributed by atoms with Crippen molar-refractivity contribution in [2.75, 3.05) is 12.0 Å². The quantitative estimate of drug-likeness (QED) is 0.351. The van der Waals surface area contributed by atoms with E-state index in [1.54, 1.807) is 12.1 Å². The fourth-order valence-electron chi connectivity index (χ4n) is 4.94. The molecule has 0 saturated carbocycles. The molecule has 2 heterocycles. The molecule has 3 aromatic carbocycles. The molecule has 8 heteroatoms. The summed E-state index contributed by atoms with van der Waals surface area (Å²) < 4.78 is 39.8. The van der Waals surface area contributed by atoms with E-state index in [-0.39, 0.29) is 18.0 Å². The number of ether oxygens (including phenoxy) is 2. The smallest absolute Gasteiger partial charge is 0.274 e. The number of hydrogen-bond acceptors (Lipinski definition) is 5. The number of halogens is 2. The summed E-state index contributed by atoms with van der Waals surface area (Å²) in [5.74, 6) is -1.20. The fraction of sp³-hybridized carbons (Fsp3) is 0.231. The van der Waals surface area contributed by atoms with Gasteiger partial charge in [-0.2, -0.15) is 0 Å². The molecule has 0 fully saturated rings. The predicted molar refractivity (Wildman–Crippen MR) is 124 cm³/mol. The van der Waals surface area contributed by atoms with Gasteiger partial charge in [-0.25, -0.2) is 8.78 Å². The van der Waals surface area contributed by atoms with Crippen LogP contribution in [-0.4, -0.2) is 17.8 Å². The number of rotatable bonds is 4. The third-order valence-corrected chi connectivity index (χ3v) is 6.73. The van der Waals surface area contributed by atoms with E-state index in [1.165, 1.54) is 25.3 Å². The number of hydrogen-bond donors (Lipinski definition) is 0. The molecule has 0 radical (unpaired) electrons. The maximum Gasteiger partial charge on any atom is 0.274 e.